The molecule has 0 spiro atoms. The van der Waals surface area contributed by atoms with Gasteiger partial charge in [-0.1, -0.05) is 26.7 Å². The zero-order chi connectivity index (χ0) is 7.40. The molecule has 1 N–H and O–H groups in total. The van der Waals surface area contributed by atoms with E-state index in [0.29, 0.717) is 0 Å². The summed E-state index contributed by atoms with van der Waals surface area (Å²) >= 11 is 0. The van der Waals surface area contributed by atoms with Gasteiger partial charge < -0.3 is 5.32 Å². The smallest absolute Gasteiger partial charge is 0.00671 e. The first-order valence-corrected chi connectivity index (χ1v) is 4.52. The van der Waals surface area contributed by atoms with Crippen LogP contribution in [0.3, 0.4) is 0 Å². The van der Waals surface area contributed by atoms with Gasteiger partial charge in [-0.2, -0.15) is 0 Å². The van der Waals surface area contributed by atoms with Crippen LogP contribution in [0.2, 0.25) is 0 Å². The maximum absolute atomic E-state index is 3.58. The maximum atomic E-state index is 3.58. The van der Waals surface area contributed by atoms with E-state index < -0.39 is 0 Å². The minimum Gasteiger partial charge on any atom is -0.314 e. The second kappa shape index (κ2) is 3.97. The molecule has 1 aliphatic rings. The highest BCUT2D eigenvalue weighted by molar-refractivity contribution is 4.73. The van der Waals surface area contributed by atoms with Gasteiger partial charge >= 0.3 is 0 Å². The number of nitrogens with one attached hydrogen (secondary N) is 1. The van der Waals surface area contributed by atoms with Crippen molar-refractivity contribution < 1.29 is 1.43 Å². The minimum absolute atomic E-state index is 0. The van der Waals surface area contributed by atoms with Gasteiger partial charge in [-0.05, 0) is 25.3 Å². The predicted molar refractivity (Wildman–Crippen MR) is 47.2 cm³/mol. The summed E-state index contributed by atoms with van der Waals surface area (Å²) in [7, 11) is 0. The van der Waals surface area contributed by atoms with E-state index >= 15 is 0 Å². The molecular weight excluding hydrogens is 122 g/mol. The monoisotopic (exact) mass is 143 g/mol. The van der Waals surface area contributed by atoms with Crippen LogP contribution in [0.4, 0.5) is 0 Å². The van der Waals surface area contributed by atoms with Crippen molar-refractivity contribution in [3.05, 3.63) is 0 Å². The molecule has 0 aromatic rings. The zero-order valence-electron chi connectivity index (χ0n) is 7.19. The van der Waals surface area contributed by atoms with Crippen molar-refractivity contribution in [1.82, 2.24) is 5.32 Å². The van der Waals surface area contributed by atoms with Crippen LogP contribution in [0.25, 0.3) is 0 Å². The molecule has 0 bridgehead atoms. The summed E-state index contributed by atoms with van der Waals surface area (Å²) in [6.45, 7) is 5.73. The van der Waals surface area contributed by atoms with Gasteiger partial charge in [0, 0.05) is 7.47 Å². The van der Waals surface area contributed by atoms with E-state index in [1.54, 1.807) is 0 Å². The van der Waals surface area contributed by atoms with Crippen LogP contribution in [0, 0.1) is 5.92 Å². The van der Waals surface area contributed by atoms with Crippen LogP contribution >= 0.6 is 0 Å². The lowest BCUT2D eigenvalue weighted by molar-refractivity contribution is 0.469. The standard InChI is InChI=1S/C9H19N.H2/c1-8(2)7-10-9-5-3-4-6-9;/h8-10H,3-7H2,1-2H3;1H. The Hall–Kier alpha value is -0.0400. The normalized spacial score (nSPS) is 20.7. The first-order valence-electron chi connectivity index (χ1n) is 4.52. The average Bonchev–Trinajstić information content (AvgIpc) is 2.34. The van der Waals surface area contributed by atoms with Crippen LogP contribution in [0.5, 0.6) is 0 Å². The summed E-state index contributed by atoms with van der Waals surface area (Å²) in [5.74, 6) is 0.806. The minimum atomic E-state index is 0. The Bertz CT molecular complexity index is 87.6. The lowest BCUT2D eigenvalue weighted by atomic mass is 10.2. The third-order valence-corrected chi connectivity index (χ3v) is 2.17. The van der Waals surface area contributed by atoms with E-state index in [0.717, 1.165) is 12.0 Å². The first-order chi connectivity index (χ1) is 4.79. The van der Waals surface area contributed by atoms with Gasteiger partial charge in [-0.3, -0.25) is 0 Å². The lowest BCUT2D eigenvalue weighted by Crippen LogP contribution is -2.29. The third-order valence-electron chi connectivity index (χ3n) is 2.17. The summed E-state index contributed by atoms with van der Waals surface area (Å²) in [6, 6.07) is 0.849. The van der Waals surface area contributed by atoms with E-state index in [4.69, 9.17) is 0 Å². The van der Waals surface area contributed by atoms with E-state index in [-0.39, 0.29) is 1.43 Å². The summed E-state index contributed by atoms with van der Waals surface area (Å²) in [5, 5.41) is 3.58. The molecule has 0 heterocycles. The predicted octanol–water partition coefficient (Wildman–Crippen LogP) is 2.42. The lowest BCUT2D eigenvalue weighted by Gasteiger charge is -2.13. The van der Waals surface area contributed by atoms with Crippen molar-refractivity contribution >= 4 is 0 Å². The van der Waals surface area contributed by atoms with Crippen molar-refractivity contribution in [3.8, 4) is 0 Å². The van der Waals surface area contributed by atoms with Crippen molar-refractivity contribution in [3.63, 3.8) is 0 Å². The molecule has 0 aromatic carbocycles. The Morgan fingerprint density at radius 1 is 1.40 bits per heavy atom. The molecule has 1 heteroatoms. The molecule has 10 heavy (non-hydrogen) atoms. The Balaban J connectivity index is 0.000001000. The maximum Gasteiger partial charge on any atom is 0.00671 e. The summed E-state index contributed by atoms with van der Waals surface area (Å²) in [4.78, 5) is 0. The second-order valence-electron chi connectivity index (χ2n) is 3.78. The molecule has 1 saturated carbocycles. The number of hydrogen-bond acceptors (Lipinski definition) is 1. The zero-order valence-corrected chi connectivity index (χ0v) is 7.19. The first kappa shape index (κ1) is 8.06. The largest absolute Gasteiger partial charge is 0.314 e. The molecule has 0 aliphatic heterocycles. The van der Waals surface area contributed by atoms with Gasteiger partial charge in [0.05, 0.1) is 0 Å². The Kier molecular flexibility index (Phi) is 3.20. The number of rotatable bonds is 3. The topological polar surface area (TPSA) is 12.0 Å². The highest BCUT2D eigenvalue weighted by Gasteiger charge is 2.13. The van der Waals surface area contributed by atoms with E-state index in [9.17, 15) is 0 Å². The molecule has 1 aliphatic carbocycles. The Morgan fingerprint density at radius 3 is 2.50 bits per heavy atom. The number of hydrogen-bond donors (Lipinski definition) is 1. The van der Waals surface area contributed by atoms with Crippen LogP contribution in [-0.2, 0) is 0 Å². The van der Waals surface area contributed by atoms with Gasteiger partial charge in [-0.15, -0.1) is 0 Å². The van der Waals surface area contributed by atoms with Gasteiger partial charge in [0.1, 0.15) is 0 Å². The van der Waals surface area contributed by atoms with E-state index in [1.807, 2.05) is 0 Å². The molecule has 0 saturated heterocycles. The quantitative estimate of drug-likeness (QED) is 0.640. The summed E-state index contributed by atoms with van der Waals surface area (Å²) in [6.07, 6.45) is 5.70. The van der Waals surface area contributed by atoms with Crippen LogP contribution in [-0.4, -0.2) is 12.6 Å². The van der Waals surface area contributed by atoms with Crippen molar-refractivity contribution in [1.29, 1.82) is 0 Å². The molecule has 0 atom stereocenters. The fourth-order valence-electron chi connectivity index (χ4n) is 1.53. The van der Waals surface area contributed by atoms with Crippen LogP contribution in [0.1, 0.15) is 41.0 Å². The summed E-state index contributed by atoms with van der Waals surface area (Å²) in [5.41, 5.74) is 0. The van der Waals surface area contributed by atoms with E-state index in [2.05, 4.69) is 19.2 Å². The molecule has 62 valence electrons. The molecule has 0 radical (unpaired) electrons. The van der Waals surface area contributed by atoms with Crippen molar-refractivity contribution in [2.45, 2.75) is 45.6 Å². The highest BCUT2D eigenvalue weighted by atomic mass is 14.9. The molecule has 1 nitrogen and oxygen atoms in total. The Morgan fingerprint density at radius 2 is 2.00 bits per heavy atom. The molecular formula is C9H21N. The van der Waals surface area contributed by atoms with Gasteiger partial charge in [0.15, 0.2) is 0 Å². The van der Waals surface area contributed by atoms with Gasteiger partial charge in [0.2, 0.25) is 0 Å². The van der Waals surface area contributed by atoms with E-state index in [1.165, 1.54) is 32.2 Å². The fourth-order valence-corrected chi connectivity index (χ4v) is 1.53. The molecule has 0 unspecified atom stereocenters. The van der Waals surface area contributed by atoms with Gasteiger partial charge in [-0.25, -0.2) is 0 Å². The molecule has 0 amide bonds. The summed E-state index contributed by atoms with van der Waals surface area (Å²) < 4.78 is 0. The SMILES string of the molecule is CC(C)CNC1CCCC1.[HH]. The van der Waals surface area contributed by atoms with Crippen LogP contribution in [0.15, 0.2) is 0 Å². The van der Waals surface area contributed by atoms with Gasteiger partial charge in [0.25, 0.3) is 0 Å². The fraction of sp³-hybridized carbons (Fsp3) is 1.00. The Labute approximate surface area is 65.7 Å². The van der Waals surface area contributed by atoms with Crippen LogP contribution < -0.4 is 5.32 Å². The molecule has 0 aromatic heterocycles. The molecule has 1 rings (SSSR count). The van der Waals surface area contributed by atoms with Crippen molar-refractivity contribution in [2.24, 2.45) is 5.92 Å². The average molecular weight is 143 g/mol. The molecule has 1 fully saturated rings. The third kappa shape index (κ3) is 2.70. The second-order valence-corrected chi connectivity index (χ2v) is 3.78. The highest BCUT2D eigenvalue weighted by Crippen LogP contribution is 2.17. The van der Waals surface area contributed by atoms with Crippen molar-refractivity contribution in [2.75, 3.05) is 6.54 Å².